The summed E-state index contributed by atoms with van der Waals surface area (Å²) in [5, 5.41) is 20.4. The zero-order chi connectivity index (χ0) is 15.5. The predicted octanol–water partition coefficient (Wildman–Crippen LogP) is 1.98. The summed E-state index contributed by atoms with van der Waals surface area (Å²) in [6.45, 7) is 3.65. The maximum atomic E-state index is 12.3. The third-order valence-corrected chi connectivity index (χ3v) is 3.24. The van der Waals surface area contributed by atoms with Crippen LogP contribution in [0.15, 0.2) is 28.8 Å². The van der Waals surface area contributed by atoms with Crippen LogP contribution in [0.3, 0.4) is 0 Å². The molecule has 3 aromatic rings. The van der Waals surface area contributed by atoms with Gasteiger partial charge in [-0.3, -0.25) is 4.79 Å². The largest absolute Gasteiger partial charge is 0.361 e. The van der Waals surface area contributed by atoms with Gasteiger partial charge in [0.25, 0.3) is 5.91 Å². The molecule has 0 saturated carbocycles. The normalized spacial score (nSPS) is 10.6. The Morgan fingerprint density at radius 3 is 2.73 bits per heavy atom. The van der Waals surface area contributed by atoms with Gasteiger partial charge in [-0.1, -0.05) is 12.1 Å². The highest BCUT2D eigenvalue weighted by molar-refractivity contribution is 6.05. The summed E-state index contributed by atoms with van der Waals surface area (Å²) in [5.74, 6) is 0.779. The van der Waals surface area contributed by atoms with Crippen LogP contribution < -0.4 is 5.32 Å². The molecule has 1 aromatic carbocycles. The lowest BCUT2D eigenvalue weighted by atomic mass is 10.1. The van der Waals surface area contributed by atoms with Crippen molar-refractivity contribution in [2.45, 2.75) is 20.3 Å². The number of anilines is 1. The number of carbonyl (C=O) groups excluding carboxylic acids is 1. The Balaban J connectivity index is 1.78. The van der Waals surface area contributed by atoms with E-state index >= 15 is 0 Å². The zero-order valence-corrected chi connectivity index (χ0v) is 12.1. The van der Waals surface area contributed by atoms with Crippen molar-refractivity contribution in [3.05, 3.63) is 41.3 Å². The molecule has 112 valence electrons. The molecule has 0 saturated heterocycles. The molecule has 8 heteroatoms. The van der Waals surface area contributed by atoms with Gasteiger partial charge in [0, 0.05) is 11.3 Å². The van der Waals surface area contributed by atoms with Crippen molar-refractivity contribution in [1.29, 1.82) is 0 Å². The second-order valence-corrected chi connectivity index (χ2v) is 4.68. The molecule has 8 nitrogen and oxygen atoms in total. The van der Waals surface area contributed by atoms with E-state index in [4.69, 9.17) is 4.52 Å². The highest BCUT2D eigenvalue weighted by Crippen LogP contribution is 2.19. The molecule has 2 N–H and O–H groups in total. The third kappa shape index (κ3) is 2.58. The minimum atomic E-state index is -0.233. The summed E-state index contributed by atoms with van der Waals surface area (Å²) in [7, 11) is 0. The number of aromatic amines is 1. The number of carbonyl (C=O) groups is 1. The van der Waals surface area contributed by atoms with Crippen molar-refractivity contribution in [1.82, 2.24) is 25.8 Å². The van der Waals surface area contributed by atoms with Gasteiger partial charge in [0.2, 0.25) is 5.82 Å². The van der Waals surface area contributed by atoms with Crippen LogP contribution in [-0.2, 0) is 6.42 Å². The lowest BCUT2D eigenvalue weighted by Crippen LogP contribution is -2.14. The second-order valence-electron chi connectivity index (χ2n) is 4.68. The number of H-pyrrole nitrogens is 1. The first-order valence-corrected chi connectivity index (χ1v) is 6.79. The molecule has 0 spiro atoms. The Bertz CT molecular complexity index is 776. The van der Waals surface area contributed by atoms with Gasteiger partial charge < -0.3 is 9.84 Å². The number of nitrogens with zero attached hydrogens (tertiary/aromatic N) is 4. The summed E-state index contributed by atoms with van der Waals surface area (Å²) in [6.07, 6.45) is 0.636. The predicted molar refractivity (Wildman–Crippen MR) is 78.2 cm³/mol. The Kier molecular flexibility index (Phi) is 3.65. The van der Waals surface area contributed by atoms with Crippen LogP contribution >= 0.6 is 0 Å². The molecule has 2 heterocycles. The van der Waals surface area contributed by atoms with E-state index in [1.807, 2.05) is 19.1 Å². The lowest BCUT2D eigenvalue weighted by molar-refractivity contribution is 0.102. The van der Waals surface area contributed by atoms with Crippen LogP contribution in [0.25, 0.3) is 11.4 Å². The molecular weight excluding hydrogens is 284 g/mol. The molecule has 0 bridgehead atoms. The number of benzene rings is 1. The van der Waals surface area contributed by atoms with Crippen molar-refractivity contribution in [3.8, 4) is 11.4 Å². The van der Waals surface area contributed by atoms with Crippen LogP contribution in [-0.4, -0.2) is 31.7 Å². The molecule has 0 aliphatic rings. The highest BCUT2D eigenvalue weighted by Gasteiger charge is 2.19. The fourth-order valence-electron chi connectivity index (χ4n) is 2.13. The summed E-state index contributed by atoms with van der Waals surface area (Å²) >= 11 is 0. The third-order valence-electron chi connectivity index (χ3n) is 3.24. The monoisotopic (exact) mass is 298 g/mol. The molecule has 0 fully saturated rings. The van der Waals surface area contributed by atoms with Gasteiger partial charge in [-0.15, -0.1) is 10.2 Å². The fourth-order valence-corrected chi connectivity index (χ4v) is 2.13. The summed E-state index contributed by atoms with van der Waals surface area (Å²) in [4.78, 5) is 12.3. The van der Waals surface area contributed by atoms with E-state index in [0.717, 1.165) is 5.56 Å². The molecule has 0 unspecified atom stereocenters. The van der Waals surface area contributed by atoms with Crippen LogP contribution in [0.5, 0.6) is 0 Å². The fraction of sp³-hybridized carbons (Fsp3) is 0.214. The van der Waals surface area contributed by atoms with Gasteiger partial charge in [-0.25, -0.2) is 0 Å². The maximum absolute atomic E-state index is 12.3. The summed E-state index contributed by atoms with van der Waals surface area (Å²) < 4.78 is 5.08. The van der Waals surface area contributed by atoms with E-state index in [-0.39, 0.29) is 5.91 Å². The van der Waals surface area contributed by atoms with Gasteiger partial charge in [-0.05, 0) is 42.8 Å². The number of hydrogen-bond acceptors (Lipinski definition) is 6. The smallest absolute Gasteiger partial charge is 0.261 e. The topological polar surface area (TPSA) is 110 Å². The van der Waals surface area contributed by atoms with Crippen LogP contribution in [0.1, 0.15) is 28.7 Å². The summed E-state index contributed by atoms with van der Waals surface area (Å²) in [5.41, 5.74) is 2.62. The zero-order valence-electron chi connectivity index (χ0n) is 12.1. The van der Waals surface area contributed by atoms with Crippen molar-refractivity contribution in [2.24, 2.45) is 0 Å². The van der Waals surface area contributed by atoms with Crippen LogP contribution in [0.2, 0.25) is 0 Å². The van der Waals surface area contributed by atoms with Crippen LogP contribution in [0.4, 0.5) is 5.69 Å². The molecule has 2 aromatic heterocycles. The Hall–Kier alpha value is -3.03. The van der Waals surface area contributed by atoms with Crippen molar-refractivity contribution in [3.63, 3.8) is 0 Å². The lowest BCUT2D eigenvalue weighted by Gasteiger charge is -2.05. The Morgan fingerprint density at radius 1 is 1.32 bits per heavy atom. The number of hydrogen-bond donors (Lipinski definition) is 2. The van der Waals surface area contributed by atoms with Gasteiger partial charge in [0.1, 0.15) is 11.3 Å². The highest BCUT2D eigenvalue weighted by atomic mass is 16.5. The minimum Gasteiger partial charge on any atom is -0.361 e. The van der Waals surface area contributed by atoms with E-state index < -0.39 is 0 Å². The van der Waals surface area contributed by atoms with Crippen molar-refractivity contribution in [2.75, 3.05) is 5.32 Å². The Labute approximate surface area is 125 Å². The molecule has 0 atom stereocenters. The minimum absolute atomic E-state index is 0.233. The Morgan fingerprint density at radius 2 is 2.09 bits per heavy atom. The molecule has 22 heavy (non-hydrogen) atoms. The van der Waals surface area contributed by atoms with Gasteiger partial charge in [0.15, 0.2) is 0 Å². The summed E-state index contributed by atoms with van der Waals surface area (Å²) in [6, 6.07) is 7.17. The van der Waals surface area contributed by atoms with Crippen molar-refractivity contribution >= 4 is 11.6 Å². The van der Waals surface area contributed by atoms with E-state index in [1.54, 1.807) is 19.1 Å². The first-order valence-electron chi connectivity index (χ1n) is 6.79. The van der Waals surface area contributed by atoms with E-state index in [9.17, 15) is 4.79 Å². The molecule has 1 amide bonds. The van der Waals surface area contributed by atoms with E-state index in [0.29, 0.717) is 35.0 Å². The number of rotatable bonds is 4. The van der Waals surface area contributed by atoms with Crippen molar-refractivity contribution < 1.29 is 9.32 Å². The number of aryl methyl sites for hydroxylation is 2. The first kappa shape index (κ1) is 13.9. The number of amides is 1. The van der Waals surface area contributed by atoms with Crippen LogP contribution in [0, 0.1) is 6.92 Å². The van der Waals surface area contributed by atoms with E-state index in [1.165, 1.54) is 0 Å². The second kappa shape index (κ2) is 5.76. The SMILES string of the molecule is CCc1noc(C)c1C(=O)Nc1ccc(-c2nn[nH]n2)cc1. The molecule has 0 aliphatic heterocycles. The number of tetrazole rings is 1. The standard InChI is InChI=1S/C14H14N6O2/c1-3-11-12(8(2)22-18-11)14(21)15-10-6-4-9(5-7-10)13-16-19-20-17-13/h4-7H,3H2,1-2H3,(H,15,21)(H,16,17,19,20). The van der Waals surface area contributed by atoms with E-state index in [2.05, 4.69) is 31.1 Å². The van der Waals surface area contributed by atoms with Gasteiger partial charge >= 0.3 is 0 Å². The molecule has 0 radical (unpaired) electrons. The average molecular weight is 298 g/mol. The van der Waals surface area contributed by atoms with Gasteiger partial charge in [-0.2, -0.15) is 5.21 Å². The molecule has 0 aliphatic carbocycles. The maximum Gasteiger partial charge on any atom is 0.261 e. The number of aromatic nitrogens is 5. The molecular formula is C14H14N6O2. The number of nitrogens with one attached hydrogen (secondary N) is 2. The quantitative estimate of drug-likeness (QED) is 0.762. The molecule has 3 rings (SSSR count). The average Bonchev–Trinajstić information content (AvgIpc) is 3.17. The van der Waals surface area contributed by atoms with Gasteiger partial charge in [0.05, 0.1) is 5.69 Å². The first-order chi connectivity index (χ1) is 10.7.